The van der Waals surface area contributed by atoms with E-state index in [1.165, 1.54) is 6.26 Å². The number of nitrogens with one attached hydrogen (secondary N) is 1. The summed E-state index contributed by atoms with van der Waals surface area (Å²) in [6.07, 6.45) is 3.42. The van der Waals surface area contributed by atoms with E-state index >= 15 is 0 Å². The van der Waals surface area contributed by atoms with E-state index in [-0.39, 0.29) is 23.7 Å². The Kier molecular flexibility index (Phi) is 7.22. The number of allylic oxidation sites excluding steroid dienone is 1. The molecule has 4 rings (SSSR count). The number of fused-ring (bicyclic) bond motifs is 1. The van der Waals surface area contributed by atoms with Gasteiger partial charge in [-0.2, -0.15) is 0 Å². The van der Waals surface area contributed by atoms with Crippen LogP contribution >= 0.6 is 0 Å². The average Bonchev–Trinajstić information content (AvgIpc) is 2.84. The number of amides is 1. The number of rotatable bonds is 8. The van der Waals surface area contributed by atoms with Crippen molar-refractivity contribution in [2.24, 2.45) is 5.92 Å². The second-order valence-electron chi connectivity index (χ2n) is 7.86. The average molecular weight is 450 g/mol. The topological polar surface area (TPSA) is 98.0 Å². The number of ether oxygens (including phenoxy) is 2. The Morgan fingerprint density at radius 1 is 1.12 bits per heavy atom. The van der Waals surface area contributed by atoms with E-state index in [1.807, 2.05) is 25.1 Å². The summed E-state index contributed by atoms with van der Waals surface area (Å²) in [6.45, 7) is 2.21. The lowest BCUT2D eigenvalue weighted by atomic mass is 9.81. The van der Waals surface area contributed by atoms with Crippen molar-refractivity contribution in [3.63, 3.8) is 0 Å². The Morgan fingerprint density at radius 2 is 1.88 bits per heavy atom. The van der Waals surface area contributed by atoms with E-state index in [9.17, 15) is 14.7 Å². The summed E-state index contributed by atoms with van der Waals surface area (Å²) in [6, 6.07) is 16.1. The summed E-state index contributed by atoms with van der Waals surface area (Å²) in [5.41, 5.74) is 1.39. The molecular formula is C26H27NO6. The number of anilines is 1. The van der Waals surface area contributed by atoms with Crippen LogP contribution < -0.4 is 10.7 Å². The summed E-state index contributed by atoms with van der Waals surface area (Å²) in [5.74, 6) is -1.12. The molecule has 2 aromatic carbocycles. The van der Waals surface area contributed by atoms with E-state index in [0.717, 1.165) is 0 Å². The molecule has 1 amide bonds. The maximum absolute atomic E-state index is 13.4. The van der Waals surface area contributed by atoms with E-state index in [1.54, 1.807) is 42.5 Å². The number of hydrogen-bond donors (Lipinski definition) is 2. The second kappa shape index (κ2) is 10.5. The SMILES string of the molecule is CCO[C@H]1OC(C(=O)Nc2ccccc2)=C[C@@H](c2coc3ccccc3c2=O)[C@H]1CCCO. The Hall–Kier alpha value is -3.42. The minimum absolute atomic E-state index is 0.000539. The fourth-order valence-electron chi connectivity index (χ4n) is 4.16. The molecule has 1 aliphatic heterocycles. The third-order valence-corrected chi connectivity index (χ3v) is 5.73. The van der Waals surface area contributed by atoms with Crippen molar-refractivity contribution < 1.29 is 23.8 Å². The van der Waals surface area contributed by atoms with Crippen molar-refractivity contribution in [2.75, 3.05) is 18.5 Å². The molecule has 172 valence electrons. The summed E-state index contributed by atoms with van der Waals surface area (Å²) in [7, 11) is 0. The fourth-order valence-corrected chi connectivity index (χ4v) is 4.16. The fraction of sp³-hybridized carbons (Fsp3) is 0.308. The first kappa shape index (κ1) is 22.8. The van der Waals surface area contributed by atoms with Crippen molar-refractivity contribution >= 4 is 22.6 Å². The molecular weight excluding hydrogens is 422 g/mol. The third-order valence-electron chi connectivity index (χ3n) is 5.73. The van der Waals surface area contributed by atoms with Gasteiger partial charge in [-0.05, 0) is 50.1 Å². The molecule has 1 aliphatic rings. The number of hydrogen-bond acceptors (Lipinski definition) is 6. The standard InChI is InChI=1S/C26H27NO6/c1-2-31-26-18(12-8-14-28)20(21-16-32-22-13-7-6-11-19(22)24(21)29)15-23(33-26)25(30)27-17-9-4-3-5-10-17/h3-7,9-11,13,15-16,18,20,26,28H,2,8,12,14H2,1H3,(H,27,30)/t18-,20-,26+/m1/s1. The summed E-state index contributed by atoms with van der Waals surface area (Å²) < 4.78 is 17.6. The molecule has 0 radical (unpaired) electrons. The Balaban J connectivity index is 1.76. The number of aliphatic hydroxyl groups excluding tert-OH is 1. The predicted octanol–water partition coefficient (Wildman–Crippen LogP) is 4.18. The van der Waals surface area contributed by atoms with Crippen molar-refractivity contribution in [2.45, 2.75) is 32.0 Å². The molecule has 33 heavy (non-hydrogen) atoms. The van der Waals surface area contributed by atoms with Crippen LogP contribution in [0.1, 0.15) is 31.2 Å². The summed E-state index contributed by atoms with van der Waals surface area (Å²) in [4.78, 5) is 26.4. The molecule has 2 N–H and O–H groups in total. The molecule has 7 nitrogen and oxygen atoms in total. The maximum atomic E-state index is 13.4. The number of carbonyl (C=O) groups excluding carboxylic acids is 1. The first-order chi connectivity index (χ1) is 16.1. The molecule has 1 aromatic heterocycles. The molecule has 0 spiro atoms. The van der Waals surface area contributed by atoms with Crippen LogP contribution in [0.2, 0.25) is 0 Å². The molecule has 0 aliphatic carbocycles. The van der Waals surface area contributed by atoms with E-state index < -0.39 is 18.1 Å². The lowest BCUT2D eigenvalue weighted by molar-refractivity contribution is -0.165. The summed E-state index contributed by atoms with van der Waals surface area (Å²) >= 11 is 0. The smallest absolute Gasteiger partial charge is 0.290 e. The number of carbonyl (C=O) groups is 1. The van der Waals surface area contributed by atoms with Crippen molar-refractivity contribution in [3.8, 4) is 0 Å². The predicted molar refractivity (Wildman–Crippen MR) is 125 cm³/mol. The van der Waals surface area contributed by atoms with Crippen LogP contribution in [-0.4, -0.2) is 30.5 Å². The van der Waals surface area contributed by atoms with Crippen molar-refractivity contribution in [1.82, 2.24) is 0 Å². The van der Waals surface area contributed by atoms with Gasteiger partial charge in [-0.25, -0.2) is 0 Å². The van der Waals surface area contributed by atoms with Crippen LogP contribution in [0.15, 0.2) is 81.9 Å². The highest BCUT2D eigenvalue weighted by molar-refractivity contribution is 6.02. The van der Waals surface area contributed by atoms with Gasteiger partial charge in [0, 0.05) is 36.3 Å². The molecule has 7 heteroatoms. The number of benzene rings is 2. The van der Waals surface area contributed by atoms with Gasteiger partial charge in [-0.15, -0.1) is 0 Å². The monoisotopic (exact) mass is 449 g/mol. The molecule has 2 heterocycles. The van der Waals surface area contributed by atoms with Crippen LogP contribution in [0.5, 0.6) is 0 Å². The molecule has 3 atom stereocenters. The largest absolute Gasteiger partial charge is 0.464 e. The van der Waals surface area contributed by atoms with Crippen LogP contribution in [0.4, 0.5) is 5.69 Å². The first-order valence-electron chi connectivity index (χ1n) is 11.1. The minimum atomic E-state index is -0.751. The second-order valence-corrected chi connectivity index (χ2v) is 7.86. The zero-order chi connectivity index (χ0) is 23.2. The van der Waals surface area contributed by atoms with Gasteiger partial charge in [0.2, 0.25) is 6.29 Å². The van der Waals surface area contributed by atoms with Gasteiger partial charge in [0.05, 0.1) is 11.6 Å². The normalized spacial score (nSPS) is 20.2. The van der Waals surface area contributed by atoms with E-state index in [2.05, 4.69) is 5.32 Å². The van der Waals surface area contributed by atoms with Gasteiger partial charge in [-0.1, -0.05) is 30.3 Å². The Morgan fingerprint density at radius 3 is 2.64 bits per heavy atom. The third kappa shape index (κ3) is 4.99. The highest BCUT2D eigenvalue weighted by Gasteiger charge is 2.39. The zero-order valence-corrected chi connectivity index (χ0v) is 18.4. The van der Waals surface area contributed by atoms with Gasteiger partial charge < -0.3 is 24.3 Å². The van der Waals surface area contributed by atoms with Crippen LogP contribution in [0.25, 0.3) is 11.0 Å². The first-order valence-corrected chi connectivity index (χ1v) is 11.1. The molecule has 0 fully saturated rings. The minimum Gasteiger partial charge on any atom is -0.464 e. The van der Waals surface area contributed by atoms with E-state index in [4.69, 9.17) is 13.9 Å². The summed E-state index contributed by atoms with van der Waals surface area (Å²) in [5, 5.41) is 12.7. The van der Waals surface area contributed by atoms with Gasteiger partial charge >= 0.3 is 0 Å². The Bertz CT molecular complexity index is 1190. The zero-order valence-electron chi connectivity index (χ0n) is 18.4. The van der Waals surface area contributed by atoms with E-state index in [0.29, 0.717) is 41.7 Å². The number of para-hydroxylation sites is 2. The molecule has 3 aromatic rings. The van der Waals surface area contributed by atoms with Gasteiger partial charge in [0.1, 0.15) is 5.58 Å². The quantitative estimate of drug-likeness (QED) is 0.535. The lowest BCUT2D eigenvalue weighted by Crippen LogP contribution is -2.38. The molecule has 0 saturated heterocycles. The lowest BCUT2D eigenvalue weighted by Gasteiger charge is -2.36. The van der Waals surface area contributed by atoms with Gasteiger partial charge in [0.25, 0.3) is 5.91 Å². The van der Waals surface area contributed by atoms with Gasteiger partial charge in [-0.3, -0.25) is 9.59 Å². The van der Waals surface area contributed by atoms with Crippen LogP contribution in [-0.2, 0) is 14.3 Å². The number of aliphatic hydroxyl groups is 1. The highest BCUT2D eigenvalue weighted by atomic mass is 16.7. The van der Waals surface area contributed by atoms with Crippen molar-refractivity contribution in [1.29, 1.82) is 0 Å². The van der Waals surface area contributed by atoms with Gasteiger partial charge in [0.15, 0.2) is 11.2 Å². The molecule has 0 unspecified atom stereocenters. The van der Waals surface area contributed by atoms with Crippen LogP contribution in [0.3, 0.4) is 0 Å². The van der Waals surface area contributed by atoms with Crippen molar-refractivity contribution in [3.05, 3.63) is 88.5 Å². The Labute approximate surface area is 191 Å². The maximum Gasteiger partial charge on any atom is 0.290 e. The molecule has 0 bridgehead atoms. The molecule has 0 saturated carbocycles. The van der Waals surface area contributed by atoms with Crippen LogP contribution in [0, 0.1) is 5.92 Å². The highest BCUT2D eigenvalue weighted by Crippen LogP contribution is 2.39.